The number of benzene rings is 1. The molecule has 0 saturated carbocycles. The van der Waals surface area contributed by atoms with Crippen LogP contribution < -0.4 is 10.7 Å². The van der Waals surface area contributed by atoms with Crippen LogP contribution in [0.5, 0.6) is 0 Å². The van der Waals surface area contributed by atoms with Gasteiger partial charge in [-0.1, -0.05) is 18.2 Å². The minimum absolute atomic E-state index is 0.159. The molecule has 1 heterocycles. The number of amides is 1. The predicted octanol–water partition coefficient (Wildman–Crippen LogP) is 1.30. The van der Waals surface area contributed by atoms with Gasteiger partial charge in [-0.15, -0.1) is 0 Å². The topological polar surface area (TPSA) is 49.6 Å². The number of para-hydroxylation sites is 1. The summed E-state index contributed by atoms with van der Waals surface area (Å²) in [5.74, 6) is 0.159. The van der Waals surface area contributed by atoms with Crippen LogP contribution in [-0.4, -0.2) is 30.0 Å². The molecule has 0 bridgehead atoms. The van der Waals surface area contributed by atoms with Gasteiger partial charge in [0.25, 0.3) is 0 Å². The Kier molecular flexibility index (Phi) is 3.33. The third-order valence-electron chi connectivity index (χ3n) is 3.14. The molecule has 1 aromatic carbocycles. The summed E-state index contributed by atoms with van der Waals surface area (Å²) >= 11 is 0. The lowest BCUT2D eigenvalue weighted by atomic mass is 10.1. The molecule has 0 aromatic heterocycles. The number of nitrogens with zero attached hydrogens (tertiary/aromatic N) is 2. The smallest absolute Gasteiger partial charge is 0.243 e. The lowest BCUT2D eigenvalue weighted by Gasteiger charge is -2.33. The maximum Gasteiger partial charge on any atom is 0.243 e. The highest BCUT2D eigenvalue weighted by Gasteiger charge is 2.35. The largest absolute Gasteiger partial charge is 0.329 e. The van der Waals surface area contributed by atoms with Gasteiger partial charge in [-0.05, 0) is 25.5 Å². The van der Waals surface area contributed by atoms with Crippen molar-refractivity contribution in [1.29, 1.82) is 0 Å². The van der Waals surface area contributed by atoms with Gasteiger partial charge in [-0.25, -0.2) is 0 Å². The van der Waals surface area contributed by atoms with Crippen molar-refractivity contribution in [3.63, 3.8) is 0 Å². The summed E-state index contributed by atoms with van der Waals surface area (Å²) in [6.07, 6.45) is 0.564. The number of carbonyl (C=O) groups is 1. The number of rotatable bonds is 3. The normalized spacial score (nSPS) is 20.2. The van der Waals surface area contributed by atoms with Gasteiger partial charge in [0.05, 0.1) is 24.7 Å². The number of aryl methyl sites for hydroxylation is 1. The molecule has 17 heavy (non-hydrogen) atoms. The summed E-state index contributed by atoms with van der Waals surface area (Å²) in [6.45, 7) is 5.20. The van der Waals surface area contributed by atoms with Gasteiger partial charge in [0.2, 0.25) is 5.91 Å². The summed E-state index contributed by atoms with van der Waals surface area (Å²) in [6, 6.07) is 8.32. The molecule has 1 amide bonds. The van der Waals surface area contributed by atoms with E-state index in [1.807, 2.05) is 18.2 Å². The van der Waals surface area contributed by atoms with Crippen LogP contribution >= 0.6 is 0 Å². The molecule has 1 atom stereocenters. The lowest BCUT2D eigenvalue weighted by molar-refractivity contribution is -0.128. The van der Waals surface area contributed by atoms with Crippen LogP contribution in [-0.2, 0) is 4.79 Å². The summed E-state index contributed by atoms with van der Waals surface area (Å²) < 4.78 is 0. The first kappa shape index (κ1) is 11.9. The molecule has 4 heteroatoms. The summed E-state index contributed by atoms with van der Waals surface area (Å²) in [7, 11) is 0. The van der Waals surface area contributed by atoms with Crippen molar-refractivity contribution in [3.05, 3.63) is 29.8 Å². The Morgan fingerprint density at radius 3 is 2.76 bits per heavy atom. The predicted molar refractivity (Wildman–Crippen MR) is 68.5 cm³/mol. The Bertz CT molecular complexity index is 419. The molecule has 1 fully saturated rings. The van der Waals surface area contributed by atoms with Crippen molar-refractivity contribution in [2.24, 2.45) is 5.73 Å². The van der Waals surface area contributed by atoms with Crippen molar-refractivity contribution >= 4 is 11.6 Å². The number of hydrazine groups is 1. The SMILES string of the molecule is Cc1ccccc1N1C(C)CC(=O)N1CCN. The fourth-order valence-electron chi connectivity index (χ4n) is 2.35. The van der Waals surface area contributed by atoms with Gasteiger partial charge < -0.3 is 5.73 Å². The van der Waals surface area contributed by atoms with Crippen molar-refractivity contribution < 1.29 is 4.79 Å². The molecule has 1 aliphatic rings. The molecule has 1 saturated heterocycles. The zero-order valence-corrected chi connectivity index (χ0v) is 10.4. The van der Waals surface area contributed by atoms with Gasteiger partial charge in [0, 0.05) is 6.54 Å². The summed E-state index contributed by atoms with van der Waals surface area (Å²) in [4.78, 5) is 11.9. The molecular formula is C13H19N3O. The van der Waals surface area contributed by atoms with E-state index in [4.69, 9.17) is 5.73 Å². The number of anilines is 1. The Morgan fingerprint density at radius 1 is 1.41 bits per heavy atom. The van der Waals surface area contributed by atoms with Gasteiger partial charge in [-0.2, -0.15) is 0 Å². The van der Waals surface area contributed by atoms with Crippen LogP contribution in [0.25, 0.3) is 0 Å². The molecule has 1 unspecified atom stereocenters. The zero-order valence-electron chi connectivity index (χ0n) is 10.4. The second-order valence-corrected chi connectivity index (χ2v) is 4.49. The molecule has 0 aliphatic carbocycles. The molecule has 92 valence electrons. The minimum atomic E-state index is 0.159. The van der Waals surface area contributed by atoms with Crippen molar-refractivity contribution in [2.45, 2.75) is 26.3 Å². The number of nitrogens with two attached hydrogens (primary N) is 1. The van der Waals surface area contributed by atoms with E-state index in [0.29, 0.717) is 19.5 Å². The third-order valence-corrected chi connectivity index (χ3v) is 3.14. The van der Waals surface area contributed by atoms with Crippen LogP contribution in [0.3, 0.4) is 0 Å². The summed E-state index contributed by atoms with van der Waals surface area (Å²) in [5.41, 5.74) is 7.85. The van der Waals surface area contributed by atoms with E-state index in [2.05, 4.69) is 24.9 Å². The molecule has 1 aromatic rings. The highest BCUT2D eigenvalue weighted by atomic mass is 16.2. The molecule has 2 rings (SSSR count). The first-order valence-corrected chi connectivity index (χ1v) is 6.00. The van der Waals surface area contributed by atoms with Crippen molar-refractivity contribution in [2.75, 3.05) is 18.1 Å². The second kappa shape index (κ2) is 4.75. The summed E-state index contributed by atoms with van der Waals surface area (Å²) in [5, 5.41) is 3.84. The van der Waals surface area contributed by atoms with E-state index >= 15 is 0 Å². The van der Waals surface area contributed by atoms with E-state index in [9.17, 15) is 4.79 Å². The van der Waals surface area contributed by atoms with Gasteiger partial charge in [0.15, 0.2) is 0 Å². The van der Waals surface area contributed by atoms with Crippen LogP contribution in [0.4, 0.5) is 5.69 Å². The lowest BCUT2D eigenvalue weighted by Crippen LogP contribution is -2.44. The van der Waals surface area contributed by atoms with Crippen molar-refractivity contribution in [3.8, 4) is 0 Å². The van der Waals surface area contributed by atoms with Gasteiger partial charge in [-0.3, -0.25) is 14.8 Å². The number of carbonyl (C=O) groups excluding carboxylic acids is 1. The van der Waals surface area contributed by atoms with E-state index in [-0.39, 0.29) is 11.9 Å². The Labute approximate surface area is 102 Å². The maximum absolute atomic E-state index is 11.9. The van der Waals surface area contributed by atoms with E-state index in [0.717, 1.165) is 5.69 Å². The number of hydrogen-bond donors (Lipinski definition) is 1. The second-order valence-electron chi connectivity index (χ2n) is 4.49. The quantitative estimate of drug-likeness (QED) is 0.856. The van der Waals surface area contributed by atoms with Crippen LogP contribution in [0.2, 0.25) is 0 Å². The van der Waals surface area contributed by atoms with Gasteiger partial charge in [0.1, 0.15) is 0 Å². The molecule has 2 N–H and O–H groups in total. The minimum Gasteiger partial charge on any atom is -0.329 e. The molecule has 1 aliphatic heterocycles. The highest BCUT2D eigenvalue weighted by Crippen LogP contribution is 2.29. The average Bonchev–Trinajstić information content (AvgIpc) is 2.56. The standard InChI is InChI=1S/C13H19N3O/c1-10-5-3-4-6-12(10)16-11(2)9-13(17)15(16)8-7-14/h3-6,11H,7-9,14H2,1-2H3. The fraction of sp³-hybridized carbons (Fsp3) is 0.462. The third kappa shape index (κ3) is 2.13. The monoisotopic (exact) mass is 233 g/mol. The first-order valence-electron chi connectivity index (χ1n) is 6.00. The zero-order chi connectivity index (χ0) is 12.4. The molecule has 0 radical (unpaired) electrons. The molecular weight excluding hydrogens is 214 g/mol. The van der Waals surface area contributed by atoms with Crippen LogP contribution in [0.1, 0.15) is 18.9 Å². The van der Waals surface area contributed by atoms with Crippen molar-refractivity contribution in [1.82, 2.24) is 5.01 Å². The van der Waals surface area contributed by atoms with E-state index in [1.54, 1.807) is 5.01 Å². The number of hydrogen-bond acceptors (Lipinski definition) is 3. The van der Waals surface area contributed by atoms with Crippen LogP contribution in [0, 0.1) is 6.92 Å². The van der Waals surface area contributed by atoms with E-state index < -0.39 is 0 Å². The van der Waals surface area contributed by atoms with Gasteiger partial charge >= 0.3 is 0 Å². The fourth-order valence-corrected chi connectivity index (χ4v) is 2.35. The van der Waals surface area contributed by atoms with E-state index in [1.165, 1.54) is 5.56 Å². The first-order chi connectivity index (χ1) is 8.15. The molecule has 0 spiro atoms. The Balaban J connectivity index is 2.35. The molecule has 4 nitrogen and oxygen atoms in total. The Hall–Kier alpha value is -1.55. The van der Waals surface area contributed by atoms with Crippen LogP contribution in [0.15, 0.2) is 24.3 Å². The average molecular weight is 233 g/mol. The maximum atomic E-state index is 11.9. The highest BCUT2D eigenvalue weighted by molar-refractivity contribution is 5.83. The Morgan fingerprint density at radius 2 is 2.12 bits per heavy atom.